The predicted molar refractivity (Wildman–Crippen MR) is 96.9 cm³/mol. The van der Waals surface area contributed by atoms with E-state index in [0.29, 0.717) is 18.0 Å². The summed E-state index contributed by atoms with van der Waals surface area (Å²) in [5.41, 5.74) is 0.643. The van der Waals surface area contributed by atoms with Crippen LogP contribution in [-0.2, 0) is 4.79 Å². The molecule has 1 aliphatic heterocycles. The highest BCUT2D eigenvalue weighted by atomic mass is 19.1. The first-order valence-electron chi connectivity index (χ1n) is 9.10. The molecular weight excluding hydrogens is 337 g/mol. The molecule has 0 unspecified atom stereocenters. The number of amides is 3. The minimum Gasteiger partial charge on any atom is -0.394 e. The van der Waals surface area contributed by atoms with E-state index in [1.165, 1.54) is 24.3 Å². The Morgan fingerprint density at radius 2 is 1.85 bits per heavy atom. The second-order valence-electron chi connectivity index (χ2n) is 7.06. The average Bonchev–Trinajstić information content (AvgIpc) is 2.65. The van der Waals surface area contributed by atoms with Crippen LogP contribution in [0.3, 0.4) is 0 Å². The lowest BCUT2D eigenvalue weighted by molar-refractivity contribution is -0.135. The third-order valence-electron chi connectivity index (χ3n) is 4.73. The van der Waals surface area contributed by atoms with E-state index in [-0.39, 0.29) is 30.3 Å². The number of aliphatic hydroxyl groups is 1. The molecule has 1 atom stereocenters. The lowest BCUT2D eigenvalue weighted by Crippen LogP contribution is -2.45. The summed E-state index contributed by atoms with van der Waals surface area (Å²) >= 11 is 0. The number of piperidine rings is 1. The van der Waals surface area contributed by atoms with Crippen LogP contribution in [0.1, 0.15) is 38.3 Å². The molecule has 1 fully saturated rings. The van der Waals surface area contributed by atoms with Gasteiger partial charge in [0.25, 0.3) is 0 Å². The molecular formula is C19H28FN3O3. The zero-order valence-electron chi connectivity index (χ0n) is 15.4. The molecule has 3 amide bonds. The average molecular weight is 365 g/mol. The van der Waals surface area contributed by atoms with Crippen molar-refractivity contribution in [1.82, 2.24) is 15.5 Å². The molecule has 144 valence electrons. The van der Waals surface area contributed by atoms with Gasteiger partial charge in [-0.3, -0.25) is 4.79 Å². The van der Waals surface area contributed by atoms with Gasteiger partial charge in [-0.1, -0.05) is 26.0 Å². The number of hydrogen-bond acceptors (Lipinski definition) is 3. The Bertz CT molecular complexity index is 599. The summed E-state index contributed by atoms with van der Waals surface area (Å²) in [4.78, 5) is 26.0. The van der Waals surface area contributed by atoms with Gasteiger partial charge in [0.05, 0.1) is 12.6 Å². The van der Waals surface area contributed by atoms with Gasteiger partial charge in [0.1, 0.15) is 5.82 Å². The largest absolute Gasteiger partial charge is 0.394 e. The maximum absolute atomic E-state index is 13.0. The maximum atomic E-state index is 13.0. The van der Waals surface area contributed by atoms with Crippen molar-refractivity contribution in [2.24, 2.45) is 11.8 Å². The van der Waals surface area contributed by atoms with Crippen LogP contribution in [0, 0.1) is 17.7 Å². The molecule has 0 bridgehead atoms. The summed E-state index contributed by atoms with van der Waals surface area (Å²) in [6.07, 6.45) is 1.72. The van der Waals surface area contributed by atoms with Crippen molar-refractivity contribution < 1.29 is 19.1 Å². The number of carbonyl (C=O) groups excluding carboxylic acids is 2. The number of urea groups is 1. The molecule has 6 nitrogen and oxygen atoms in total. The molecule has 7 heteroatoms. The van der Waals surface area contributed by atoms with Crippen LogP contribution in [0.4, 0.5) is 9.18 Å². The molecule has 3 N–H and O–H groups in total. The predicted octanol–water partition coefficient (Wildman–Crippen LogP) is 2.05. The summed E-state index contributed by atoms with van der Waals surface area (Å²) in [5, 5.41) is 15.0. The first kappa shape index (κ1) is 20.2. The SMILES string of the molecule is CC(C)C(=O)N1CCC(CNC(=O)N[C@@H](CO)c2ccc(F)cc2)CC1. The number of hydrogen-bond donors (Lipinski definition) is 3. The zero-order chi connectivity index (χ0) is 19.1. The lowest BCUT2D eigenvalue weighted by Gasteiger charge is -2.33. The fraction of sp³-hybridized carbons (Fsp3) is 0.579. The fourth-order valence-electron chi connectivity index (χ4n) is 3.10. The van der Waals surface area contributed by atoms with Gasteiger partial charge in [0.2, 0.25) is 5.91 Å². The van der Waals surface area contributed by atoms with Crippen molar-refractivity contribution in [1.29, 1.82) is 0 Å². The smallest absolute Gasteiger partial charge is 0.315 e. The Hall–Kier alpha value is -2.15. The highest BCUT2D eigenvalue weighted by Gasteiger charge is 2.24. The normalized spacial score (nSPS) is 16.4. The molecule has 0 saturated carbocycles. The van der Waals surface area contributed by atoms with Crippen molar-refractivity contribution in [3.63, 3.8) is 0 Å². The molecule has 1 heterocycles. The van der Waals surface area contributed by atoms with Gasteiger partial charge in [-0.15, -0.1) is 0 Å². The topological polar surface area (TPSA) is 81.7 Å². The van der Waals surface area contributed by atoms with Gasteiger partial charge in [0, 0.05) is 25.6 Å². The van der Waals surface area contributed by atoms with E-state index < -0.39 is 6.04 Å². The third kappa shape index (κ3) is 5.69. The quantitative estimate of drug-likeness (QED) is 0.722. The minimum atomic E-state index is -0.582. The number of aliphatic hydroxyl groups excluding tert-OH is 1. The number of rotatable bonds is 6. The van der Waals surface area contributed by atoms with Crippen molar-refractivity contribution >= 4 is 11.9 Å². The van der Waals surface area contributed by atoms with Crippen LogP contribution >= 0.6 is 0 Å². The molecule has 0 aromatic heterocycles. The molecule has 0 aliphatic carbocycles. The summed E-state index contributed by atoms with van der Waals surface area (Å²) in [6.45, 7) is 5.50. The van der Waals surface area contributed by atoms with Crippen LogP contribution < -0.4 is 10.6 Å². The van der Waals surface area contributed by atoms with Crippen molar-refractivity contribution in [3.05, 3.63) is 35.6 Å². The number of nitrogens with one attached hydrogen (secondary N) is 2. The van der Waals surface area contributed by atoms with E-state index in [2.05, 4.69) is 10.6 Å². The number of likely N-dealkylation sites (tertiary alicyclic amines) is 1. The molecule has 1 aromatic rings. The van der Waals surface area contributed by atoms with Crippen LogP contribution in [0.15, 0.2) is 24.3 Å². The Labute approximate surface area is 153 Å². The fourth-order valence-corrected chi connectivity index (χ4v) is 3.10. The minimum absolute atomic E-state index is 0.0114. The van der Waals surface area contributed by atoms with Gasteiger partial charge in [-0.25, -0.2) is 9.18 Å². The van der Waals surface area contributed by atoms with Gasteiger partial charge < -0.3 is 20.6 Å². The van der Waals surface area contributed by atoms with E-state index in [1.807, 2.05) is 18.7 Å². The van der Waals surface area contributed by atoms with E-state index in [4.69, 9.17) is 0 Å². The van der Waals surface area contributed by atoms with E-state index in [1.54, 1.807) is 0 Å². The first-order valence-corrected chi connectivity index (χ1v) is 9.10. The Morgan fingerprint density at radius 1 is 1.23 bits per heavy atom. The van der Waals surface area contributed by atoms with E-state index in [9.17, 15) is 19.1 Å². The van der Waals surface area contributed by atoms with Crippen LogP contribution in [0.2, 0.25) is 0 Å². The molecule has 2 rings (SSSR count). The lowest BCUT2D eigenvalue weighted by atomic mass is 9.96. The van der Waals surface area contributed by atoms with Gasteiger partial charge >= 0.3 is 6.03 Å². The zero-order valence-corrected chi connectivity index (χ0v) is 15.4. The molecule has 1 aromatic carbocycles. The summed E-state index contributed by atoms with van der Waals surface area (Å²) in [7, 11) is 0. The van der Waals surface area contributed by atoms with Gasteiger partial charge in [0.15, 0.2) is 0 Å². The monoisotopic (exact) mass is 365 g/mol. The van der Waals surface area contributed by atoms with E-state index >= 15 is 0 Å². The molecule has 26 heavy (non-hydrogen) atoms. The Kier molecular flexibility index (Phi) is 7.38. The third-order valence-corrected chi connectivity index (χ3v) is 4.73. The second-order valence-corrected chi connectivity index (χ2v) is 7.06. The number of carbonyl (C=O) groups is 2. The molecule has 0 spiro atoms. The van der Waals surface area contributed by atoms with Crippen LogP contribution in [-0.4, -0.2) is 48.2 Å². The van der Waals surface area contributed by atoms with Crippen molar-refractivity contribution in [2.45, 2.75) is 32.7 Å². The van der Waals surface area contributed by atoms with Crippen molar-refractivity contribution in [2.75, 3.05) is 26.2 Å². The maximum Gasteiger partial charge on any atom is 0.315 e. The van der Waals surface area contributed by atoms with E-state index in [0.717, 1.165) is 25.9 Å². The second kappa shape index (κ2) is 9.52. The number of halogens is 1. The Balaban J connectivity index is 1.75. The molecule has 0 radical (unpaired) electrons. The van der Waals surface area contributed by atoms with Gasteiger partial charge in [-0.05, 0) is 36.5 Å². The standard InChI is InChI=1S/C19H28FN3O3/c1-13(2)18(25)23-9-7-14(8-10-23)11-21-19(26)22-17(12-24)15-3-5-16(20)6-4-15/h3-6,13-14,17,24H,7-12H2,1-2H3,(H2,21,22,26)/t17-/m0/s1. The van der Waals surface area contributed by atoms with Gasteiger partial charge in [-0.2, -0.15) is 0 Å². The first-order chi connectivity index (χ1) is 12.4. The highest BCUT2D eigenvalue weighted by Crippen LogP contribution is 2.18. The Morgan fingerprint density at radius 3 is 2.38 bits per heavy atom. The molecule has 1 aliphatic rings. The van der Waals surface area contributed by atoms with Crippen LogP contribution in [0.5, 0.6) is 0 Å². The van der Waals surface area contributed by atoms with Crippen molar-refractivity contribution in [3.8, 4) is 0 Å². The summed E-state index contributed by atoms with van der Waals surface area (Å²) in [5.74, 6) is 0.157. The van der Waals surface area contributed by atoms with Crippen LogP contribution in [0.25, 0.3) is 0 Å². The summed E-state index contributed by atoms with van der Waals surface area (Å²) < 4.78 is 13.0. The number of nitrogens with zero attached hydrogens (tertiary/aromatic N) is 1. The molecule has 1 saturated heterocycles. The summed E-state index contributed by atoms with van der Waals surface area (Å²) in [6, 6.07) is 4.72. The number of benzene rings is 1. The highest BCUT2D eigenvalue weighted by molar-refractivity contribution is 5.78.